The van der Waals surface area contributed by atoms with Gasteiger partial charge in [-0.2, -0.15) is 4.72 Å². The molecule has 32 heavy (non-hydrogen) atoms. The van der Waals surface area contributed by atoms with Crippen molar-refractivity contribution in [2.45, 2.75) is 24.4 Å². The van der Waals surface area contributed by atoms with Crippen molar-refractivity contribution in [3.63, 3.8) is 0 Å². The second-order valence-corrected chi connectivity index (χ2v) is 10.2. The summed E-state index contributed by atoms with van der Waals surface area (Å²) in [5, 5.41) is 0.283. The van der Waals surface area contributed by atoms with E-state index in [1.54, 1.807) is 4.90 Å². The van der Waals surface area contributed by atoms with Gasteiger partial charge in [-0.05, 0) is 42.8 Å². The Kier molecular flexibility index (Phi) is 6.83. The van der Waals surface area contributed by atoms with Crippen LogP contribution >= 0.6 is 23.2 Å². The summed E-state index contributed by atoms with van der Waals surface area (Å²) in [6.07, 6.45) is 0. The molecule has 2 heterocycles. The van der Waals surface area contributed by atoms with E-state index in [1.165, 1.54) is 25.1 Å². The summed E-state index contributed by atoms with van der Waals surface area (Å²) in [7, 11) is -4.00. The summed E-state index contributed by atoms with van der Waals surface area (Å²) in [4.78, 5) is 16.6. The van der Waals surface area contributed by atoms with Crippen LogP contribution in [-0.2, 0) is 21.4 Å². The van der Waals surface area contributed by atoms with E-state index < -0.39 is 16.1 Å². The van der Waals surface area contributed by atoms with Crippen molar-refractivity contribution >= 4 is 39.1 Å². The van der Waals surface area contributed by atoms with Gasteiger partial charge in [-0.3, -0.25) is 9.69 Å². The van der Waals surface area contributed by atoms with Gasteiger partial charge in [0.25, 0.3) is 0 Å². The van der Waals surface area contributed by atoms with E-state index in [2.05, 4.69) is 9.62 Å². The molecule has 1 fully saturated rings. The maximum atomic E-state index is 12.8. The monoisotopic (exact) mass is 499 g/mol. The van der Waals surface area contributed by atoms with Gasteiger partial charge in [-0.25, -0.2) is 8.42 Å². The first-order valence-corrected chi connectivity index (χ1v) is 12.3. The van der Waals surface area contributed by atoms with Gasteiger partial charge >= 0.3 is 0 Å². The Morgan fingerprint density at radius 3 is 2.53 bits per heavy atom. The molecule has 1 atom stereocenters. The van der Waals surface area contributed by atoms with Crippen LogP contribution in [0.5, 0.6) is 11.5 Å². The third-order valence-electron chi connectivity index (χ3n) is 5.41. The van der Waals surface area contributed by atoms with Crippen LogP contribution in [0, 0.1) is 0 Å². The fourth-order valence-electron chi connectivity index (χ4n) is 3.73. The third-order valence-corrected chi connectivity index (χ3v) is 7.67. The summed E-state index contributed by atoms with van der Waals surface area (Å²) in [5.74, 6) is 1.21. The van der Waals surface area contributed by atoms with E-state index in [-0.39, 0.29) is 27.6 Å². The molecule has 0 unspecified atom stereocenters. The molecule has 0 bridgehead atoms. The van der Waals surface area contributed by atoms with Crippen molar-refractivity contribution < 1.29 is 22.7 Å². The van der Waals surface area contributed by atoms with E-state index >= 15 is 0 Å². The first-order valence-electron chi connectivity index (χ1n) is 10.1. The number of carbonyl (C=O) groups is 1. The van der Waals surface area contributed by atoms with Crippen LogP contribution in [0.15, 0.2) is 41.3 Å². The number of fused-ring (bicyclic) bond motifs is 1. The van der Waals surface area contributed by atoms with Gasteiger partial charge in [0, 0.05) is 37.7 Å². The number of hydrogen-bond donors (Lipinski definition) is 1. The van der Waals surface area contributed by atoms with Gasteiger partial charge in [-0.1, -0.05) is 29.3 Å². The largest absolute Gasteiger partial charge is 0.454 e. The molecule has 1 amide bonds. The fourth-order valence-corrected chi connectivity index (χ4v) is 5.69. The number of ether oxygens (including phenoxy) is 2. The molecule has 0 aromatic heterocycles. The molecule has 4 rings (SSSR count). The highest BCUT2D eigenvalue weighted by Crippen LogP contribution is 2.33. The van der Waals surface area contributed by atoms with Crippen molar-refractivity contribution in [1.29, 1.82) is 0 Å². The summed E-state index contributed by atoms with van der Waals surface area (Å²) >= 11 is 11.9. The predicted molar refractivity (Wildman–Crippen MR) is 121 cm³/mol. The van der Waals surface area contributed by atoms with E-state index in [9.17, 15) is 13.2 Å². The molecule has 0 saturated carbocycles. The second-order valence-electron chi connectivity index (χ2n) is 7.71. The Morgan fingerprint density at radius 1 is 1.06 bits per heavy atom. The van der Waals surface area contributed by atoms with Gasteiger partial charge in [0.2, 0.25) is 22.7 Å². The molecule has 1 saturated heterocycles. The average Bonchev–Trinajstić information content (AvgIpc) is 3.23. The summed E-state index contributed by atoms with van der Waals surface area (Å²) in [6.45, 7) is 4.87. The summed E-state index contributed by atoms with van der Waals surface area (Å²) in [6, 6.07) is 9.11. The van der Waals surface area contributed by atoms with E-state index in [0.29, 0.717) is 26.2 Å². The Hall–Kier alpha value is -2.04. The lowest BCUT2D eigenvalue weighted by Crippen LogP contribution is -2.53. The van der Waals surface area contributed by atoms with Gasteiger partial charge < -0.3 is 14.4 Å². The van der Waals surface area contributed by atoms with E-state index in [4.69, 9.17) is 32.7 Å². The highest BCUT2D eigenvalue weighted by molar-refractivity contribution is 7.89. The zero-order valence-electron chi connectivity index (χ0n) is 17.4. The van der Waals surface area contributed by atoms with Crippen LogP contribution in [0.4, 0.5) is 0 Å². The first-order chi connectivity index (χ1) is 15.2. The van der Waals surface area contributed by atoms with Gasteiger partial charge in [0.05, 0.1) is 11.1 Å². The van der Waals surface area contributed by atoms with Crippen molar-refractivity contribution in [3.8, 4) is 11.5 Å². The number of nitrogens with zero attached hydrogens (tertiary/aromatic N) is 2. The van der Waals surface area contributed by atoms with E-state index in [0.717, 1.165) is 23.6 Å². The average molecular weight is 500 g/mol. The smallest absolute Gasteiger partial charge is 0.242 e. The lowest BCUT2D eigenvalue weighted by atomic mass is 10.1. The summed E-state index contributed by atoms with van der Waals surface area (Å²) in [5.41, 5.74) is 1.11. The number of nitrogens with one attached hydrogen (secondary N) is 1. The Morgan fingerprint density at radius 2 is 1.78 bits per heavy atom. The first kappa shape index (κ1) is 23.1. The molecule has 1 N–H and O–H groups in total. The quantitative estimate of drug-likeness (QED) is 0.657. The molecule has 2 aromatic carbocycles. The fraction of sp³-hybridized carbons (Fsp3) is 0.381. The Balaban J connectivity index is 1.32. The molecule has 0 radical (unpaired) electrons. The number of carbonyl (C=O) groups excluding carboxylic acids is 1. The number of hydrogen-bond acceptors (Lipinski definition) is 6. The van der Waals surface area contributed by atoms with Crippen LogP contribution in [0.3, 0.4) is 0 Å². The van der Waals surface area contributed by atoms with Crippen LogP contribution < -0.4 is 14.2 Å². The van der Waals surface area contributed by atoms with Crippen LogP contribution in [0.1, 0.15) is 12.5 Å². The lowest BCUT2D eigenvalue weighted by molar-refractivity contribution is -0.134. The maximum absolute atomic E-state index is 12.8. The molecule has 8 nitrogen and oxygen atoms in total. The highest BCUT2D eigenvalue weighted by Gasteiger charge is 2.29. The molecular formula is C21H23Cl2N3O5S. The Labute approximate surface area is 197 Å². The number of benzene rings is 2. The van der Waals surface area contributed by atoms with Crippen molar-refractivity contribution in [2.24, 2.45) is 0 Å². The lowest BCUT2D eigenvalue weighted by Gasteiger charge is -2.36. The maximum Gasteiger partial charge on any atom is 0.242 e. The molecule has 0 aliphatic carbocycles. The third kappa shape index (κ3) is 5.13. The zero-order chi connectivity index (χ0) is 22.9. The Bertz CT molecular complexity index is 1120. The van der Waals surface area contributed by atoms with Crippen molar-refractivity contribution in [1.82, 2.24) is 14.5 Å². The number of sulfonamides is 1. The van der Waals surface area contributed by atoms with Crippen LogP contribution in [0.2, 0.25) is 10.0 Å². The highest BCUT2D eigenvalue weighted by atomic mass is 35.5. The zero-order valence-corrected chi connectivity index (χ0v) is 19.7. The van der Waals surface area contributed by atoms with Gasteiger partial charge in [0.1, 0.15) is 4.90 Å². The minimum absolute atomic E-state index is 0.0404. The van der Waals surface area contributed by atoms with Crippen LogP contribution in [-0.4, -0.2) is 63.1 Å². The number of amides is 1. The minimum atomic E-state index is -4.00. The normalized spacial score (nSPS) is 17.4. The number of rotatable bonds is 6. The topological polar surface area (TPSA) is 88.2 Å². The predicted octanol–water partition coefficient (Wildman–Crippen LogP) is 2.73. The van der Waals surface area contributed by atoms with Crippen molar-refractivity contribution in [3.05, 3.63) is 52.0 Å². The van der Waals surface area contributed by atoms with Gasteiger partial charge in [-0.15, -0.1) is 0 Å². The SMILES string of the molecule is C[C@@H](NS(=O)(=O)c1cc(Cl)ccc1Cl)C(=O)N1CCN(Cc2ccc3c(c2)OCO3)CC1. The second kappa shape index (κ2) is 9.44. The summed E-state index contributed by atoms with van der Waals surface area (Å²) < 4.78 is 38.5. The number of piperazine rings is 1. The molecule has 2 aromatic rings. The molecule has 2 aliphatic heterocycles. The molecule has 172 valence electrons. The molecule has 0 spiro atoms. The van der Waals surface area contributed by atoms with E-state index in [1.807, 2.05) is 18.2 Å². The molecule has 11 heteroatoms. The van der Waals surface area contributed by atoms with Crippen molar-refractivity contribution in [2.75, 3.05) is 33.0 Å². The molecular weight excluding hydrogens is 477 g/mol. The standard InChI is InChI=1S/C21H23Cl2N3O5S/c1-14(24-32(28,29)20-11-16(22)3-4-17(20)23)21(27)26-8-6-25(7-9-26)12-15-2-5-18-19(10-15)31-13-30-18/h2-5,10-11,14,24H,6-9,12-13H2,1H3/t14-/m1/s1. The minimum Gasteiger partial charge on any atom is -0.454 e. The van der Waals surface area contributed by atoms with Crippen LogP contribution in [0.25, 0.3) is 0 Å². The van der Waals surface area contributed by atoms with Gasteiger partial charge in [0.15, 0.2) is 11.5 Å². The molecule has 2 aliphatic rings. The number of halogens is 2.